The molecule has 0 aliphatic carbocycles. The van der Waals surface area contributed by atoms with Crippen molar-refractivity contribution in [2.75, 3.05) is 0 Å². The number of halogens is 1. The van der Waals surface area contributed by atoms with Gasteiger partial charge in [-0.15, -0.1) is 0 Å². The summed E-state index contributed by atoms with van der Waals surface area (Å²) in [6.45, 7) is 0. The summed E-state index contributed by atoms with van der Waals surface area (Å²) in [5.74, 6) is -0.460. The number of carbonyl (C=O) groups excluding carboxylic acids is 1. The zero-order chi connectivity index (χ0) is 18.6. The van der Waals surface area contributed by atoms with Crippen molar-refractivity contribution in [1.29, 1.82) is 0 Å². The molecule has 0 bridgehead atoms. The second-order valence-electron chi connectivity index (χ2n) is 5.62. The number of nitrogens with zero attached hydrogens (tertiary/aromatic N) is 2. The number of nitrogens with two attached hydrogens (primary N) is 1. The van der Waals surface area contributed by atoms with Crippen molar-refractivity contribution in [3.63, 3.8) is 0 Å². The highest BCUT2D eigenvalue weighted by Gasteiger charge is 2.44. The van der Waals surface area contributed by atoms with Crippen LogP contribution in [0.15, 0.2) is 73.3 Å². The Bertz CT molecular complexity index is 834. The van der Waals surface area contributed by atoms with Gasteiger partial charge in [-0.1, -0.05) is 24.3 Å². The zero-order valence-corrected chi connectivity index (χ0v) is 13.6. The average Bonchev–Trinajstić information content (AvgIpc) is 2.67. The number of rotatable bonds is 5. The van der Waals surface area contributed by atoms with Gasteiger partial charge >= 0.3 is 6.09 Å². The van der Waals surface area contributed by atoms with Crippen molar-refractivity contribution < 1.29 is 19.0 Å². The molecule has 2 heterocycles. The average molecular weight is 353 g/mol. The van der Waals surface area contributed by atoms with E-state index in [0.717, 1.165) is 0 Å². The van der Waals surface area contributed by atoms with Crippen LogP contribution in [0.2, 0.25) is 0 Å². The van der Waals surface area contributed by atoms with Crippen molar-refractivity contribution in [2.45, 2.75) is 11.7 Å². The molecule has 26 heavy (non-hydrogen) atoms. The fourth-order valence-corrected chi connectivity index (χ4v) is 2.79. The maximum atomic E-state index is 13.3. The molecule has 1 amide bonds. The SMILES string of the molecule is NC(=O)O[C@H](c1ccc(F)cc1)C(O)(c1cccnc1)c1cccnc1. The minimum atomic E-state index is -1.84. The monoisotopic (exact) mass is 353 g/mol. The molecule has 3 aromatic rings. The molecule has 0 spiro atoms. The Morgan fingerprint density at radius 2 is 1.58 bits per heavy atom. The summed E-state index contributed by atoms with van der Waals surface area (Å²) in [6.07, 6.45) is 3.69. The highest BCUT2D eigenvalue weighted by Crippen LogP contribution is 2.42. The molecule has 2 aromatic heterocycles. The quantitative estimate of drug-likeness (QED) is 0.735. The van der Waals surface area contributed by atoms with Gasteiger partial charge in [-0.3, -0.25) is 9.97 Å². The predicted octanol–water partition coefficient (Wildman–Crippen LogP) is 2.69. The van der Waals surface area contributed by atoms with Crippen molar-refractivity contribution in [2.24, 2.45) is 5.73 Å². The minimum absolute atomic E-state index is 0.361. The Labute approximate surface area is 149 Å². The summed E-state index contributed by atoms with van der Waals surface area (Å²) in [5.41, 5.74) is 4.49. The molecular weight excluding hydrogens is 337 g/mol. The molecule has 132 valence electrons. The first-order chi connectivity index (χ1) is 12.5. The molecule has 0 aliphatic rings. The number of hydrogen-bond donors (Lipinski definition) is 2. The highest BCUT2D eigenvalue weighted by atomic mass is 19.1. The van der Waals surface area contributed by atoms with Gasteiger partial charge in [-0.05, 0) is 29.8 Å². The fourth-order valence-electron chi connectivity index (χ4n) is 2.79. The molecule has 7 heteroatoms. The molecule has 1 aromatic carbocycles. The first-order valence-corrected chi connectivity index (χ1v) is 7.76. The number of aromatic nitrogens is 2. The molecular formula is C19H16FN3O3. The van der Waals surface area contributed by atoms with E-state index in [1.165, 1.54) is 36.7 Å². The van der Waals surface area contributed by atoms with Crippen LogP contribution in [0.4, 0.5) is 9.18 Å². The maximum Gasteiger partial charge on any atom is 0.405 e. The van der Waals surface area contributed by atoms with Crippen LogP contribution in [0, 0.1) is 5.82 Å². The van der Waals surface area contributed by atoms with E-state index in [-0.39, 0.29) is 0 Å². The van der Waals surface area contributed by atoms with Crippen molar-refractivity contribution in [1.82, 2.24) is 9.97 Å². The number of primary amides is 1. The first-order valence-electron chi connectivity index (χ1n) is 7.76. The van der Waals surface area contributed by atoms with Crippen LogP contribution in [-0.4, -0.2) is 21.2 Å². The number of carbonyl (C=O) groups is 1. The van der Waals surface area contributed by atoms with Crippen molar-refractivity contribution >= 4 is 6.09 Å². The number of amides is 1. The predicted molar refractivity (Wildman–Crippen MR) is 91.3 cm³/mol. The van der Waals surface area contributed by atoms with Gasteiger partial charge in [0.25, 0.3) is 0 Å². The van der Waals surface area contributed by atoms with Gasteiger partial charge in [-0.25, -0.2) is 9.18 Å². The lowest BCUT2D eigenvalue weighted by Crippen LogP contribution is -2.38. The topological polar surface area (TPSA) is 98.3 Å². The summed E-state index contributed by atoms with van der Waals surface area (Å²) < 4.78 is 18.6. The van der Waals surface area contributed by atoms with E-state index in [2.05, 4.69) is 9.97 Å². The molecule has 0 fully saturated rings. The Morgan fingerprint density at radius 3 is 2.00 bits per heavy atom. The molecule has 0 radical (unpaired) electrons. The van der Waals surface area contributed by atoms with E-state index in [4.69, 9.17) is 10.5 Å². The van der Waals surface area contributed by atoms with Gasteiger partial charge in [0.05, 0.1) is 0 Å². The lowest BCUT2D eigenvalue weighted by molar-refractivity contribution is -0.0573. The van der Waals surface area contributed by atoms with E-state index < -0.39 is 23.6 Å². The molecule has 3 rings (SSSR count). The summed E-state index contributed by atoms with van der Waals surface area (Å²) in [4.78, 5) is 19.6. The number of pyridine rings is 2. The van der Waals surface area contributed by atoms with Crippen LogP contribution in [-0.2, 0) is 10.3 Å². The van der Waals surface area contributed by atoms with Crippen LogP contribution in [0.5, 0.6) is 0 Å². The second kappa shape index (κ2) is 7.28. The molecule has 0 aliphatic heterocycles. The van der Waals surface area contributed by atoms with E-state index in [0.29, 0.717) is 16.7 Å². The van der Waals surface area contributed by atoms with Crippen molar-refractivity contribution in [3.05, 3.63) is 95.8 Å². The third-order valence-electron chi connectivity index (χ3n) is 3.99. The Balaban J connectivity index is 2.22. The number of aliphatic hydroxyl groups is 1. The van der Waals surface area contributed by atoms with Gasteiger partial charge in [-0.2, -0.15) is 0 Å². The van der Waals surface area contributed by atoms with Gasteiger partial charge in [0, 0.05) is 35.9 Å². The number of hydrogen-bond acceptors (Lipinski definition) is 5. The van der Waals surface area contributed by atoms with Crippen LogP contribution in [0.3, 0.4) is 0 Å². The molecule has 1 atom stereocenters. The standard InChI is InChI=1S/C19H16FN3O3/c20-16-7-5-13(6-8-16)17(26-18(21)24)19(25,14-3-1-9-22-11-14)15-4-2-10-23-12-15/h1-12,17,25H,(H2,21,24)/t17-/m1/s1. The Morgan fingerprint density at radius 1 is 1.04 bits per heavy atom. The lowest BCUT2D eigenvalue weighted by atomic mass is 9.80. The third kappa shape index (κ3) is 3.38. The summed E-state index contributed by atoms with van der Waals surface area (Å²) in [7, 11) is 0. The fraction of sp³-hybridized carbons (Fsp3) is 0.105. The van der Waals surface area contributed by atoms with Gasteiger partial charge < -0.3 is 15.6 Å². The molecule has 0 saturated carbocycles. The molecule has 0 unspecified atom stereocenters. The summed E-state index contributed by atoms with van der Waals surface area (Å²) >= 11 is 0. The van der Waals surface area contributed by atoms with Gasteiger partial charge in [0.1, 0.15) is 5.82 Å². The Kier molecular flexibility index (Phi) is 4.90. The first kappa shape index (κ1) is 17.5. The highest BCUT2D eigenvalue weighted by molar-refractivity contribution is 5.65. The van der Waals surface area contributed by atoms with Gasteiger partial charge in [0.15, 0.2) is 11.7 Å². The summed E-state index contributed by atoms with van der Waals surface area (Å²) in [6, 6.07) is 11.8. The Hall–Kier alpha value is -3.32. The lowest BCUT2D eigenvalue weighted by Gasteiger charge is -2.36. The van der Waals surface area contributed by atoms with E-state index >= 15 is 0 Å². The van der Waals surface area contributed by atoms with Gasteiger partial charge in [0.2, 0.25) is 0 Å². The third-order valence-corrected chi connectivity index (χ3v) is 3.99. The van der Waals surface area contributed by atoms with Crippen LogP contribution in [0.25, 0.3) is 0 Å². The van der Waals surface area contributed by atoms with Crippen LogP contribution in [0.1, 0.15) is 22.8 Å². The smallest absolute Gasteiger partial charge is 0.405 e. The maximum absolute atomic E-state index is 13.3. The van der Waals surface area contributed by atoms with E-state index in [1.54, 1.807) is 36.7 Å². The van der Waals surface area contributed by atoms with E-state index in [9.17, 15) is 14.3 Å². The normalized spacial score (nSPS) is 12.4. The zero-order valence-electron chi connectivity index (χ0n) is 13.6. The number of ether oxygens (including phenoxy) is 1. The van der Waals surface area contributed by atoms with Crippen molar-refractivity contribution in [3.8, 4) is 0 Å². The number of benzene rings is 1. The largest absolute Gasteiger partial charge is 0.438 e. The van der Waals surface area contributed by atoms with Crippen LogP contribution >= 0.6 is 0 Å². The van der Waals surface area contributed by atoms with E-state index in [1.807, 2.05) is 0 Å². The molecule has 6 nitrogen and oxygen atoms in total. The second-order valence-corrected chi connectivity index (χ2v) is 5.62. The molecule has 0 saturated heterocycles. The summed E-state index contributed by atoms with van der Waals surface area (Å²) in [5, 5.41) is 11.7. The van der Waals surface area contributed by atoms with Crippen LogP contribution < -0.4 is 5.73 Å². The molecule has 3 N–H and O–H groups in total. The minimum Gasteiger partial charge on any atom is -0.438 e.